The zero-order chi connectivity index (χ0) is 23.9. The summed E-state index contributed by atoms with van der Waals surface area (Å²) < 4.78 is 4.77. The lowest BCUT2D eigenvalue weighted by molar-refractivity contribution is -0.218. The first-order valence-corrected chi connectivity index (χ1v) is 12.5. The van der Waals surface area contributed by atoms with Gasteiger partial charge in [0.25, 0.3) is 0 Å². The molecule has 5 rings (SSSR count). The summed E-state index contributed by atoms with van der Waals surface area (Å²) in [5.74, 6) is -0.668. The first kappa shape index (κ1) is 23.5. The highest BCUT2D eigenvalue weighted by Crippen LogP contribution is 2.67. The second-order valence-electron chi connectivity index (χ2n) is 11.8. The number of aliphatic hydroxyl groups is 5. The molecule has 0 bridgehead atoms. The van der Waals surface area contributed by atoms with Crippen LogP contribution in [0.4, 0.5) is 0 Å². The highest BCUT2D eigenvalue weighted by atomic mass is 16.6. The van der Waals surface area contributed by atoms with Crippen LogP contribution in [-0.2, 0) is 9.53 Å². The van der Waals surface area contributed by atoms with E-state index in [1.807, 2.05) is 6.92 Å². The number of fused-ring (bicyclic) bond motifs is 5. The number of cyclic esters (lactones) is 1. The molecule has 5 aliphatic rings. The highest BCUT2D eigenvalue weighted by molar-refractivity contribution is 5.85. The topological polar surface area (TPSA) is 127 Å². The maximum atomic E-state index is 11.5. The van der Waals surface area contributed by atoms with E-state index in [2.05, 4.69) is 19.9 Å². The van der Waals surface area contributed by atoms with Crippen molar-refractivity contribution in [2.45, 2.75) is 90.0 Å². The first-order chi connectivity index (χ1) is 15.5. The number of carbonyl (C=O) groups excluding carboxylic acids is 1. The molecule has 33 heavy (non-hydrogen) atoms. The average Bonchev–Trinajstić information content (AvgIpc) is 3.30. The molecule has 3 saturated carbocycles. The SMILES string of the molecule is C[C@@H](C1=CC[C@H]2[C@@H]3[C@@H](O)[C@H](O)C4C[C@@H](O)CC[C@]4(C)[C@H]3CC[C@]12C)[C@@H](O)C1=CC(=O)OC1O. The molecule has 12 atom stereocenters. The molecule has 2 unspecified atom stereocenters. The molecule has 0 radical (unpaired) electrons. The van der Waals surface area contributed by atoms with Crippen molar-refractivity contribution in [3.8, 4) is 0 Å². The number of hydrogen-bond acceptors (Lipinski definition) is 7. The molecule has 7 heteroatoms. The van der Waals surface area contributed by atoms with Crippen molar-refractivity contribution in [2.24, 2.45) is 40.4 Å². The third-order valence-electron chi connectivity index (χ3n) is 10.5. The molecule has 4 aliphatic carbocycles. The van der Waals surface area contributed by atoms with Gasteiger partial charge in [-0.15, -0.1) is 0 Å². The quantitative estimate of drug-likeness (QED) is 0.319. The van der Waals surface area contributed by atoms with Crippen LogP contribution in [0.1, 0.15) is 59.3 Å². The molecule has 0 spiro atoms. The van der Waals surface area contributed by atoms with Gasteiger partial charge in [0.05, 0.1) is 24.4 Å². The molecular weight excluding hydrogens is 424 g/mol. The molecule has 1 aliphatic heterocycles. The third-order valence-corrected chi connectivity index (χ3v) is 10.5. The average molecular weight is 463 g/mol. The molecule has 0 saturated heterocycles. The Morgan fingerprint density at radius 2 is 1.76 bits per heavy atom. The minimum atomic E-state index is -1.41. The van der Waals surface area contributed by atoms with Crippen molar-refractivity contribution >= 4 is 5.97 Å². The van der Waals surface area contributed by atoms with E-state index >= 15 is 0 Å². The fourth-order valence-corrected chi connectivity index (χ4v) is 8.66. The Balaban J connectivity index is 1.42. The summed E-state index contributed by atoms with van der Waals surface area (Å²) in [6.45, 7) is 6.37. The van der Waals surface area contributed by atoms with Crippen LogP contribution in [-0.4, -0.2) is 62.2 Å². The largest absolute Gasteiger partial charge is 0.429 e. The van der Waals surface area contributed by atoms with Gasteiger partial charge in [0.2, 0.25) is 6.29 Å². The highest BCUT2D eigenvalue weighted by Gasteiger charge is 2.64. The molecule has 0 aromatic rings. The smallest absolute Gasteiger partial charge is 0.333 e. The molecule has 1 heterocycles. The van der Waals surface area contributed by atoms with Crippen LogP contribution in [0.5, 0.6) is 0 Å². The second-order valence-corrected chi connectivity index (χ2v) is 11.8. The number of esters is 1. The number of ether oxygens (including phenoxy) is 1. The van der Waals surface area contributed by atoms with Gasteiger partial charge in [0.15, 0.2) is 0 Å². The normalized spacial score (nSPS) is 51.0. The van der Waals surface area contributed by atoms with Crippen LogP contribution in [0.2, 0.25) is 0 Å². The number of carbonyl (C=O) groups is 1. The van der Waals surface area contributed by atoms with Crippen molar-refractivity contribution < 1.29 is 35.1 Å². The first-order valence-electron chi connectivity index (χ1n) is 12.5. The van der Waals surface area contributed by atoms with Gasteiger partial charge in [-0.05, 0) is 73.0 Å². The lowest BCUT2D eigenvalue weighted by atomic mass is 9.43. The Kier molecular flexibility index (Phi) is 5.61. The minimum Gasteiger partial charge on any atom is -0.429 e. The van der Waals surface area contributed by atoms with Crippen LogP contribution >= 0.6 is 0 Å². The Morgan fingerprint density at radius 1 is 1.03 bits per heavy atom. The maximum absolute atomic E-state index is 11.5. The van der Waals surface area contributed by atoms with E-state index in [1.165, 1.54) is 6.08 Å². The Labute approximate surface area is 195 Å². The summed E-state index contributed by atoms with van der Waals surface area (Å²) in [6, 6.07) is 0. The summed E-state index contributed by atoms with van der Waals surface area (Å²) in [5.41, 5.74) is 0.945. The monoisotopic (exact) mass is 462 g/mol. The van der Waals surface area contributed by atoms with Crippen LogP contribution in [0, 0.1) is 40.4 Å². The minimum absolute atomic E-state index is 0.0467. The Hall–Kier alpha value is -1.25. The summed E-state index contributed by atoms with van der Waals surface area (Å²) in [7, 11) is 0. The van der Waals surface area contributed by atoms with E-state index in [4.69, 9.17) is 4.74 Å². The Morgan fingerprint density at radius 3 is 2.42 bits per heavy atom. The van der Waals surface area contributed by atoms with Gasteiger partial charge in [0.1, 0.15) is 0 Å². The van der Waals surface area contributed by atoms with Gasteiger partial charge < -0.3 is 30.3 Å². The summed E-state index contributed by atoms with van der Waals surface area (Å²) >= 11 is 0. The molecule has 0 aromatic heterocycles. The van der Waals surface area contributed by atoms with Crippen molar-refractivity contribution in [1.29, 1.82) is 0 Å². The van der Waals surface area contributed by atoms with E-state index in [0.29, 0.717) is 6.42 Å². The fourth-order valence-electron chi connectivity index (χ4n) is 8.66. The zero-order valence-electron chi connectivity index (χ0n) is 19.7. The number of aliphatic hydroxyl groups excluding tert-OH is 5. The van der Waals surface area contributed by atoms with Gasteiger partial charge in [-0.3, -0.25) is 0 Å². The summed E-state index contributed by atoms with van der Waals surface area (Å²) in [4.78, 5) is 11.5. The van der Waals surface area contributed by atoms with Crippen LogP contribution in [0.15, 0.2) is 23.3 Å². The van der Waals surface area contributed by atoms with Gasteiger partial charge in [-0.2, -0.15) is 0 Å². The molecule has 0 amide bonds. The van der Waals surface area contributed by atoms with Crippen molar-refractivity contribution in [1.82, 2.24) is 0 Å². The van der Waals surface area contributed by atoms with E-state index in [1.54, 1.807) is 0 Å². The molecule has 5 N–H and O–H groups in total. The van der Waals surface area contributed by atoms with Crippen molar-refractivity contribution in [3.63, 3.8) is 0 Å². The van der Waals surface area contributed by atoms with E-state index in [9.17, 15) is 30.3 Å². The zero-order valence-corrected chi connectivity index (χ0v) is 19.7. The molecular formula is C26H38O7. The van der Waals surface area contributed by atoms with Gasteiger partial charge in [0, 0.05) is 17.6 Å². The molecule has 0 aromatic carbocycles. The van der Waals surface area contributed by atoms with Gasteiger partial charge in [-0.1, -0.05) is 32.4 Å². The lowest BCUT2D eigenvalue weighted by Crippen LogP contribution is -2.64. The molecule has 184 valence electrons. The summed E-state index contributed by atoms with van der Waals surface area (Å²) in [6.07, 6.45) is 3.59. The standard InChI is InChI=1S/C26H38O7/c1-12(21(29)14-11-19(28)33-24(14)32)15-4-5-16-20-17(7-9-25(15,16)2)26(3)8-6-13(27)10-18(26)22(30)23(20)31/h4,11-13,16-18,20-24,27,29-32H,5-10H2,1-3H3/t12-,13-,16-,17-,18?,20-,21+,22+,23+,24?,25+,26+/m0/s1. The third kappa shape index (κ3) is 3.30. The fraction of sp³-hybridized carbons (Fsp3) is 0.808. The van der Waals surface area contributed by atoms with E-state index < -0.39 is 36.7 Å². The van der Waals surface area contributed by atoms with Gasteiger partial charge >= 0.3 is 5.97 Å². The maximum Gasteiger partial charge on any atom is 0.333 e. The lowest BCUT2D eigenvalue weighted by Gasteiger charge is -2.63. The molecule has 7 nitrogen and oxygen atoms in total. The predicted molar refractivity (Wildman–Crippen MR) is 119 cm³/mol. The summed E-state index contributed by atoms with van der Waals surface area (Å²) in [5, 5.41) is 53.8. The van der Waals surface area contributed by atoms with E-state index in [-0.39, 0.29) is 46.0 Å². The number of allylic oxidation sites excluding steroid dienone is 1. The Bertz CT molecular complexity index is 882. The van der Waals surface area contributed by atoms with Crippen LogP contribution in [0.25, 0.3) is 0 Å². The van der Waals surface area contributed by atoms with Gasteiger partial charge in [-0.25, -0.2) is 4.79 Å². The van der Waals surface area contributed by atoms with Crippen LogP contribution in [0.3, 0.4) is 0 Å². The number of hydrogen-bond donors (Lipinski definition) is 5. The molecule has 3 fully saturated rings. The predicted octanol–water partition coefficient (Wildman–Crippen LogP) is 1.67. The van der Waals surface area contributed by atoms with E-state index in [0.717, 1.165) is 37.7 Å². The van der Waals surface area contributed by atoms with Crippen molar-refractivity contribution in [2.75, 3.05) is 0 Å². The van der Waals surface area contributed by atoms with Crippen molar-refractivity contribution in [3.05, 3.63) is 23.3 Å². The number of rotatable bonds is 3. The van der Waals surface area contributed by atoms with Crippen LogP contribution < -0.4 is 0 Å². The second kappa shape index (κ2) is 7.89.